The minimum atomic E-state index is 0. The first kappa shape index (κ1) is 15.2. The van der Waals surface area contributed by atoms with E-state index in [1.807, 2.05) is 6.07 Å². The molecule has 0 aromatic heterocycles. The molecule has 18 heavy (non-hydrogen) atoms. The van der Waals surface area contributed by atoms with E-state index in [0.717, 1.165) is 26.3 Å². The van der Waals surface area contributed by atoms with Gasteiger partial charge in [-0.15, -0.1) is 24.0 Å². The predicted octanol–water partition coefficient (Wildman–Crippen LogP) is 1.76. The Kier molecular flexibility index (Phi) is 6.42. The van der Waals surface area contributed by atoms with Crippen molar-refractivity contribution in [3.05, 3.63) is 35.4 Å². The van der Waals surface area contributed by atoms with Crippen LogP contribution in [0.1, 0.15) is 11.1 Å². The Hall–Kier alpha value is -0.820. The van der Waals surface area contributed by atoms with Crippen LogP contribution in [-0.4, -0.2) is 37.2 Å². The molecule has 1 fully saturated rings. The van der Waals surface area contributed by atoms with Gasteiger partial charge in [-0.05, 0) is 12.5 Å². The fourth-order valence-corrected chi connectivity index (χ4v) is 1.88. The summed E-state index contributed by atoms with van der Waals surface area (Å²) in [7, 11) is 0. The molecular weight excluding hydrogens is 341 g/mol. The maximum Gasteiger partial charge on any atom is 0.191 e. The second-order valence-corrected chi connectivity index (χ2v) is 4.26. The molecule has 0 saturated carbocycles. The quantitative estimate of drug-likeness (QED) is 0.496. The van der Waals surface area contributed by atoms with Gasteiger partial charge in [-0.25, -0.2) is 4.99 Å². The molecule has 2 N–H and O–H groups in total. The van der Waals surface area contributed by atoms with Crippen LogP contribution in [0.5, 0.6) is 0 Å². The molecule has 0 unspecified atom stereocenters. The van der Waals surface area contributed by atoms with E-state index in [9.17, 15) is 0 Å². The Morgan fingerprint density at radius 1 is 1.39 bits per heavy atom. The largest absolute Gasteiger partial charge is 0.378 e. The molecule has 1 heterocycles. The average molecular weight is 361 g/mol. The maximum atomic E-state index is 5.95. The highest BCUT2D eigenvalue weighted by atomic mass is 127. The summed E-state index contributed by atoms with van der Waals surface area (Å²) in [6.45, 7) is 5.87. The lowest BCUT2D eigenvalue weighted by molar-refractivity contribution is 0.0674. The molecule has 0 radical (unpaired) electrons. The van der Waals surface area contributed by atoms with Crippen molar-refractivity contribution >= 4 is 29.9 Å². The zero-order valence-electron chi connectivity index (χ0n) is 10.6. The van der Waals surface area contributed by atoms with Gasteiger partial charge in [0.15, 0.2) is 5.96 Å². The summed E-state index contributed by atoms with van der Waals surface area (Å²) in [6, 6.07) is 8.34. The highest BCUT2D eigenvalue weighted by molar-refractivity contribution is 14.0. The molecule has 1 aromatic rings. The van der Waals surface area contributed by atoms with Crippen LogP contribution in [0, 0.1) is 6.92 Å². The van der Waals surface area contributed by atoms with Crippen LogP contribution in [0.3, 0.4) is 0 Å². The molecule has 0 bridgehead atoms. The van der Waals surface area contributed by atoms with Gasteiger partial charge in [0.05, 0.1) is 19.8 Å². The number of nitrogens with zero attached hydrogens (tertiary/aromatic N) is 2. The van der Waals surface area contributed by atoms with Crippen LogP contribution in [0.2, 0.25) is 0 Å². The topological polar surface area (TPSA) is 50.8 Å². The highest BCUT2D eigenvalue weighted by Crippen LogP contribution is 2.05. The molecule has 4 nitrogen and oxygen atoms in total. The van der Waals surface area contributed by atoms with Crippen LogP contribution in [0.4, 0.5) is 0 Å². The van der Waals surface area contributed by atoms with Crippen LogP contribution >= 0.6 is 24.0 Å². The zero-order valence-corrected chi connectivity index (χ0v) is 13.0. The molecule has 0 amide bonds. The van der Waals surface area contributed by atoms with Crippen molar-refractivity contribution in [3.8, 4) is 0 Å². The van der Waals surface area contributed by atoms with Gasteiger partial charge < -0.3 is 15.4 Å². The van der Waals surface area contributed by atoms with Gasteiger partial charge in [0.1, 0.15) is 0 Å². The summed E-state index contributed by atoms with van der Waals surface area (Å²) in [5, 5.41) is 0. The van der Waals surface area contributed by atoms with Gasteiger partial charge >= 0.3 is 0 Å². The maximum absolute atomic E-state index is 5.95. The SMILES string of the molecule is Cc1cccc(CN=C(N)N2CCOCC2)c1.I. The van der Waals surface area contributed by atoms with Crippen molar-refractivity contribution in [2.24, 2.45) is 10.7 Å². The van der Waals surface area contributed by atoms with Crippen molar-refractivity contribution in [1.82, 2.24) is 4.90 Å². The Morgan fingerprint density at radius 2 is 2.11 bits per heavy atom. The molecule has 1 aromatic carbocycles. The third-order valence-corrected chi connectivity index (χ3v) is 2.84. The summed E-state index contributed by atoms with van der Waals surface area (Å²) in [4.78, 5) is 6.49. The van der Waals surface area contributed by atoms with E-state index in [0.29, 0.717) is 12.5 Å². The number of hydrogen-bond acceptors (Lipinski definition) is 2. The number of halogens is 1. The van der Waals surface area contributed by atoms with E-state index in [1.54, 1.807) is 0 Å². The molecule has 1 aliphatic heterocycles. The fraction of sp³-hybridized carbons (Fsp3) is 0.462. The number of benzene rings is 1. The lowest BCUT2D eigenvalue weighted by atomic mass is 10.1. The minimum absolute atomic E-state index is 0. The summed E-state index contributed by atoms with van der Waals surface area (Å²) >= 11 is 0. The standard InChI is InChI=1S/C13H19N3O.HI/c1-11-3-2-4-12(9-11)10-15-13(14)16-5-7-17-8-6-16;/h2-4,9H,5-8,10H2,1H3,(H2,14,15);1H. The number of guanidine groups is 1. The normalized spacial score (nSPS) is 16.3. The number of ether oxygens (including phenoxy) is 1. The van der Waals surface area contributed by atoms with Crippen LogP contribution in [-0.2, 0) is 11.3 Å². The van der Waals surface area contributed by atoms with E-state index < -0.39 is 0 Å². The first-order chi connectivity index (χ1) is 8.25. The van der Waals surface area contributed by atoms with Gasteiger partial charge in [0, 0.05) is 13.1 Å². The first-order valence-electron chi connectivity index (χ1n) is 5.94. The van der Waals surface area contributed by atoms with Crippen molar-refractivity contribution in [2.45, 2.75) is 13.5 Å². The molecular formula is C13H20IN3O. The molecule has 0 aliphatic carbocycles. The average Bonchev–Trinajstić information content (AvgIpc) is 2.37. The molecule has 0 spiro atoms. The van der Waals surface area contributed by atoms with Gasteiger partial charge in [0.2, 0.25) is 0 Å². The van der Waals surface area contributed by atoms with Gasteiger partial charge in [-0.3, -0.25) is 0 Å². The zero-order chi connectivity index (χ0) is 12.1. The van der Waals surface area contributed by atoms with Crippen LogP contribution in [0.25, 0.3) is 0 Å². The van der Waals surface area contributed by atoms with E-state index in [-0.39, 0.29) is 24.0 Å². The van der Waals surface area contributed by atoms with Crippen molar-refractivity contribution in [3.63, 3.8) is 0 Å². The second-order valence-electron chi connectivity index (χ2n) is 4.26. The van der Waals surface area contributed by atoms with Gasteiger partial charge in [0.25, 0.3) is 0 Å². The van der Waals surface area contributed by atoms with E-state index in [1.165, 1.54) is 11.1 Å². The summed E-state index contributed by atoms with van der Waals surface area (Å²) in [5.41, 5.74) is 8.40. The van der Waals surface area contributed by atoms with Crippen molar-refractivity contribution in [2.75, 3.05) is 26.3 Å². The third kappa shape index (κ3) is 4.45. The number of aryl methyl sites for hydroxylation is 1. The molecule has 1 saturated heterocycles. The smallest absolute Gasteiger partial charge is 0.191 e. The fourth-order valence-electron chi connectivity index (χ4n) is 1.88. The van der Waals surface area contributed by atoms with Crippen molar-refractivity contribution < 1.29 is 4.74 Å². The monoisotopic (exact) mass is 361 g/mol. The third-order valence-electron chi connectivity index (χ3n) is 2.84. The molecule has 1 aliphatic rings. The molecule has 5 heteroatoms. The highest BCUT2D eigenvalue weighted by Gasteiger charge is 2.11. The molecule has 100 valence electrons. The molecule has 2 rings (SSSR count). The summed E-state index contributed by atoms with van der Waals surface area (Å²) < 4.78 is 5.28. The van der Waals surface area contributed by atoms with E-state index in [4.69, 9.17) is 10.5 Å². The van der Waals surface area contributed by atoms with Crippen LogP contribution in [0.15, 0.2) is 29.3 Å². The van der Waals surface area contributed by atoms with Gasteiger partial charge in [-0.1, -0.05) is 29.8 Å². The van der Waals surface area contributed by atoms with E-state index in [2.05, 4.69) is 35.0 Å². The Labute approximate surface area is 125 Å². The number of aliphatic imine (C=N–C) groups is 1. The van der Waals surface area contributed by atoms with E-state index >= 15 is 0 Å². The molecule has 0 atom stereocenters. The van der Waals surface area contributed by atoms with Crippen molar-refractivity contribution in [1.29, 1.82) is 0 Å². The minimum Gasteiger partial charge on any atom is -0.378 e. The van der Waals surface area contributed by atoms with Gasteiger partial charge in [-0.2, -0.15) is 0 Å². The number of hydrogen-bond donors (Lipinski definition) is 1. The number of nitrogens with two attached hydrogens (primary N) is 1. The number of morpholine rings is 1. The predicted molar refractivity (Wildman–Crippen MR) is 84.3 cm³/mol. The summed E-state index contributed by atoms with van der Waals surface area (Å²) in [6.07, 6.45) is 0. The Morgan fingerprint density at radius 3 is 2.78 bits per heavy atom. The second kappa shape index (κ2) is 7.58. The Balaban J connectivity index is 0.00000162. The first-order valence-corrected chi connectivity index (χ1v) is 5.94. The number of rotatable bonds is 2. The summed E-state index contributed by atoms with van der Waals surface area (Å²) in [5.74, 6) is 0.620. The van der Waals surface area contributed by atoms with Crippen LogP contribution < -0.4 is 5.73 Å². The lowest BCUT2D eigenvalue weighted by Crippen LogP contribution is -2.44. The Bertz CT molecular complexity index is 403. The lowest BCUT2D eigenvalue weighted by Gasteiger charge is -2.27.